The van der Waals surface area contributed by atoms with Crippen LogP contribution in [0.1, 0.15) is 32.3 Å². The summed E-state index contributed by atoms with van der Waals surface area (Å²) in [5, 5.41) is 21.1. The Kier molecular flexibility index (Phi) is 5.26. The predicted octanol–water partition coefficient (Wildman–Crippen LogP) is 1.98. The van der Waals surface area contributed by atoms with Crippen LogP contribution in [0.15, 0.2) is 18.2 Å². The van der Waals surface area contributed by atoms with Gasteiger partial charge in [-0.1, -0.05) is 19.9 Å². The van der Waals surface area contributed by atoms with Gasteiger partial charge in [-0.3, -0.25) is 10.1 Å². The zero-order chi connectivity index (χ0) is 14.5. The molecule has 19 heavy (non-hydrogen) atoms. The van der Waals surface area contributed by atoms with Crippen LogP contribution < -0.4 is 10.5 Å². The number of ether oxygens (including phenoxy) is 1. The topological polar surface area (TPSA) is 98.6 Å². The molecule has 0 spiro atoms. The summed E-state index contributed by atoms with van der Waals surface area (Å²) in [6, 6.07) is 4.59. The molecule has 0 heterocycles. The minimum absolute atomic E-state index is 0.0306. The van der Waals surface area contributed by atoms with Gasteiger partial charge in [-0.2, -0.15) is 0 Å². The molecule has 1 rings (SSSR count). The second-order valence-electron chi connectivity index (χ2n) is 4.48. The maximum Gasteiger partial charge on any atom is 0.311 e. The fourth-order valence-electron chi connectivity index (χ4n) is 1.62. The van der Waals surface area contributed by atoms with Crippen LogP contribution in [0.25, 0.3) is 0 Å². The van der Waals surface area contributed by atoms with Gasteiger partial charge in [0.25, 0.3) is 0 Å². The van der Waals surface area contributed by atoms with E-state index in [0.29, 0.717) is 18.4 Å². The summed E-state index contributed by atoms with van der Waals surface area (Å²) < 4.78 is 5.41. The Morgan fingerprint density at radius 3 is 2.53 bits per heavy atom. The molecule has 3 N–H and O–H groups in total. The van der Waals surface area contributed by atoms with Gasteiger partial charge in [-0.15, -0.1) is 0 Å². The van der Waals surface area contributed by atoms with Gasteiger partial charge in [0.1, 0.15) is 6.61 Å². The monoisotopic (exact) mass is 268 g/mol. The molecule has 0 aliphatic carbocycles. The van der Waals surface area contributed by atoms with Crippen LogP contribution in [0.2, 0.25) is 0 Å². The van der Waals surface area contributed by atoms with Crippen LogP contribution in [0.5, 0.6) is 5.75 Å². The zero-order valence-electron chi connectivity index (χ0n) is 11.3. The molecule has 1 aromatic rings. The molecule has 0 aliphatic heterocycles. The van der Waals surface area contributed by atoms with E-state index in [2.05, 4.69) is 0 Å². The number of benzene rings is 1. The van der Waals surface area contributed by atoms with Crippen LogP contribution in [0, 0.1) is 10.1 Å². The Morgan fingerprint density at radius 1 is 1.42 bits per heavy atom. The first-order valence-corrected chi connectivity index (χ1v) is 6.28. The molecular weight excluding hydrogens is 248 g/mol. The van der Waals surface area contributed by atoms with E-state index in [1.54, 1.807) is 6.07 Å². The number of nitrogens with two attached hydrogens (primary N) is 1. The van der Waals surface area contributed by atoms with Crippen LogP contribution in [0.3, 0.4) is 0 Å². The zero-order valence-corrected chi connectivity index (χ0v) is 11.3. The van der Waals surface area contributed by atoms with Gasteiger partial charge in [0, 0.05) is 12.6 Å². The highest BCUT2D eigenvalue weighted by Crippen LogP contribution is 2.29. The van der Waals surface area contributed by atoms with Crippen LogP contribution >= 0.6 is 0 Å². The Hall–Kier alpha value is -1.66. The Morgan fingerprint density at radius 2 is 2.05 bits per heavy atom. The number of nitro benzene ring substituents is 1. The van der Waals surface area contributed by atoms with E-state index in [9.17, 15) is 15.2 Å². The molecule has 0 saturated carbocycles. The van der Waals surface area contributed by atoms with E-state index < -0.39 is 10.5 Å². The summed E-state index contributed by atoms with van der Waals surface area (Å²) in [5.41, 5.74) is 5.03. The van der Waals surface area contributed by atoms with E-state index in [4.69, 9.17) is 10.5 Å². The van der Waals surface area contributed by atoms with Crippen LogP contribution in [-0.4, -0.2) is 22.2 Å². The molecular formula is C13H20N2O4. The highest BCUT2D eigenvalue weighted by atomic mass is 16.6. The first-order chi connectivity index (χ1) is 8.95. The van der Waals surface area contributed by atoms with Gasteiger partial charge in [-0.05, 0) is 24.5 Å². The first kappa shape index (κ1) is 15.4. The summed E-state index contributed by atoms with van der Waals surface area (Å²) in [7, 11) is 0. The van der Waals surface area contributed by atoms with Crippen molar-refractivity contribution in [3.8, 4) is 5.75 Å². The van der Waals surface area contributed by atoms with E-state index in [1.807, 2.05) is 13.8 Å². The molecule has 0 unspecified atom stereocenters. The molecule has 106 valence electrons. The quantitative estimate of drug-likeness (QED) is 0.582. The summed E-state index contributed by atoms with van der Waals surface area (Å²) in [5.74, 6) is 0.155. The molecule has 0 saturated heterocycles. The number of nitrogens with zero attached hydrogens (tertiary/aromatic N) is 1. The second-order valence-corrected chi connectivity index (χ2v) is 4.48. The Balaban J connectivity index is 2.92. The largest absolute Gasteiger partial charge is 0.484 e. The molecule has 0 aromatic heterocycles. The van der Waals surface area contributed by atoms with Gasteiger partial charge < -0.3 is 15.6 Å². The third kappa shape index (κ3) is 3.90. The highest BCUT2D eigenvalue weighted by Gasteiger charge is 2.25. The van der Waals surface area contributed by atoms with E-state index in [-0.39, 0.29) is 24.6 Å². The maximum atomic E-state index is 11.0. The van der Waals surface area contributed by atoms with E-state index in [1.165, 1.54) is 12.1 Å². The average Bonchev–Trinajstić information content (AvgIpc) is 2.44. The van der Waals surface area contributed by atoms with Gasteiger partial charge in [-0.25, -0.2) is 0 Å². The van der Waals surface area contributed by atoms with E-state index in [0.717, 1.165) is 0 Å². The van der Waals surface area contributed by atoms with Crippen molar-refractivity contribution in [3.63, 3.8) is 0 Å². The molecule has 0 bridgehead atoms. The lowest BCUT2D eigenvalue weighted by atomic mass is 9.99. The van der Waals surface area contributed by atoms with Crippen molar-refractivity contribution in [3.05, 3.63) is 33.9 Å². The van der Waals surface area contributed by atoms with Gasteiger partial charge in [0.2, 0.25) is 0 Å². The van der Waals surface area contributed by atoms with Crippen LogP contribution in [0.4, 0.5) is 5.69 Å². The molecule has 0 radical (unpaired) electrons. The molecule has 1 aromatic carbocycles. The van der Waals surface area contributed by atoms with Gasteiger partial charge >= 0.3 is 5.69 Å². The molecule has 6 nitrogen and oxygen atoms in total. The highest BCUT2D eigenvalue weighted by molar-refractivity contribution is 5.48. The second kappa shape index (κ2) is 6.49. The smallest absolute Gasteiger partial charge is 0.311 e. The first-order valence-electron chi connectivity index (χ1n) is 6.28. The van der Waals surface area contributed by atoms with Crippen molar-refractivity contribution in [2.45, 2.75) is 38.8 Å². The minimum atomic E-state index is -0.958. The fourth-order valence-corrected chi connectivity index (χ4v) is 1.62. The van der Waals surface area contributed by atoms with Gasteiger partial charge in [0.15, 0.2) is 5.75 Å². The number of hydrogen-bond acceptors (Lipinski definition) is 5. The van der Waals surface area contributed by atoms with Crippen molar-refractivity contribution in [1.82, 2.24) is 0 Å². The number of rotatable bonds is 7. The lowest BCUT2D eigenvalue weighted by Crippen LogP contribution is -2.34. The summed E-state index contributed by atoms with van der Waals surface area (Å²) in [4.78, 5) is 10.5. The van der Waals surface area contributed by atoms with E-state index >= 15 is 0 Å². The summed E-state index contributed by atoms with van der Waals surface area (Å²) in [6.07, 6.45) is 1.05. The number of nitro groups is 1. The maximum absolute atomic E-state index is 11.0. The third-order valence-corrected chi connectivity index (χ3v) is 3.27. The lowest BCUT2D eigenvalue weighted by molar-refractivity contribution is -0.386. The van der Waals surface area contributed by atoms with Crippen molar-refractivity contribution >= 4 is 5.69 Å². The van der Waals surface area contributed by atoms with Crippen molar-refractivity contribution in [1.29, 1.82) is 0 Å². The standard InChI is InChI=1S/C13H20N2O4/c1-3-13(16,4-2)9-19-12-6-5-10(8-14)7-11(12)15(17)18/h5-7,16H,3-4,8-9,14H2,1-2H3. The van der Waals surface area contributed by atoms with Crippen molar-refractivity contribution in [2.24, 2.45) is 5.73 Å². The lowest BCUT2D eigenvalue weighted by Gasteiger charge is -2.24. The summed E-state index contributed by atoms with van der Waals surface area (Å²) in [6.45, 7) is 3.95. The molecule has 0 atom stereocenters. The SMILES string of the molecule is CCC(O)(CC)COc1ccc(CN)cc1[N+](=O)[O-]. The van der Waals surface area contributed by atoms with Crippen molar-refractivity contribution < 1.29 is 14.8 Å². The Bertz CT molecular complexity index is 444. The fraction of sp³-hybridized carbons (Fsp3) is 0.538. The van der Waals surface area contributed by atoms with Crippen molar-refractivity contribution in [2.75, 3.05) is 6.61 Å². The number of aliphatic hydroxyl groups is 1. The normalized spacial score (nSPS) is 11.4. The predicted molar refractivity (Wildman–Crippen MR) is 72.0 cm³/mol. The third-order valence-electron chi connectivity index (χ3n) is 3.27. The number of hydrogen-bond donors (Lipinski definition) is 2. The average molecular weight is 268 g/mol. The summed E-state index contributed by atoms with van der Waals surface area (Å²) >= 11 is 0. The molecule has 0 amide bonds. The molecule has 6 heteroatoms. The van der Waals surface area contributed by atoms with Gasteiger partial charge in [0.05, 0.1) is 10.5 Å². The minimum Gasteiger partial charge on any atom is -0.484 e. The van der Waals surface area contributed by atoms with Crippen LogP contribution in [-0.2, 0) is 6.54 Å². The molecule has 0 fully saturated rings. The molecule has 0 aliphatic rings. The Labute approximate surface area is 112 Å².